The van der Waals surface area contributed by atoms with Crippen molar-refractivity contribution in [3.05, 3.63) is 12.2 Å². The molecule has 0 spiro atoms. The molecule has 17 heavy (non-hydrogen) atoms. The van der Waals surface area contributed by atoms with Crippen LogP contribution < -0.4 is 0 Å². The van der Waals surface area contributed by atoms with Crippen molar-refractivity contribution in [2.24, 2.45) is 5.92 Å². The SMILES string of the molecule is CCOP(=O)(OCC)C(F)(F)C1C=CCCC1. The quantitative estimate of drug-likeness (QED) is 0.535. The molecule has 0 aromatic rings. The molecule has 0 aromatic heterocycles. The highest BCUT2D eigenvalue weighted by atomic mass is 31.2. The first-order chi connectivity index (χ1) is 7.98. The lowest BCUT2D eigenvalue weighted by Crippen LogP contribution is -2.30. The largest absolute Gasteiger partial charge is 0.400 e. The summed E-state index contributed by atoms with van der Waals surface area (Å²) in [5, 5.41) is 0. The van der Waals surface area contributed by atoms with Crippen LogP contribution >= 0.6 is 7.60 Å². The first-order valence-electron chi connectivity index (χ1n) is 5.91. The Balaban J connectivity index is 2.93. The highest BCUT2D eigenvalue weighted by Crippen LogP contribution is 2.65. The van der Waals surface area contributed by atoms with E-state index in [0.717, 1.165) is 6.42 Å². The summed E-state index contributed by atoms with van der Waals surface area (Å²) >= 11 is 0. The Morgan fingerprint density at radius 2 is 1.94 bits per heavy atom. The van der Waals surface area contributed by atoms with Crippen molar-refractivity contribution >= 4 is 7.60 Å². The van der Waals surface area contributed by atoms with Gasteiger partial charge in [-0.25, -0.2) is 0 Å². The van der Waals surface area contributed by atoms with Gasteiger partial charge in [0.25, 0.3) is 0 Å². The molecule has 0 N–H and O–H groups in total. The lowest BCUT2D eigenvalue weighted by atomic mass is 9.96. The van der Waals surface area contributed by atoms with E-state index in [2.05, 4.69) is 0 Å². The van der Waals surface area contributed by atoms with Gasteiger partial charge in [-0.05, 0) is 33.1 Å². The van der Waals surface area contributed by atoms with Crippen molar-refractivity contribution in [2.75, 3.05) is 13.2 Å². The second-order valence-corrected chi connectivity index (χ2v) is 5.99. The van der Waals surface area contributed by atoms with Crippen LogP contribution in [0.15, 0.2) is 12.2 Å². The number of rotatable bonds is 6. The Hall–Kier alpha value is -0.250. The van der Waals surface area contributed by atoms with Crippen LogP contribution in [0.1, 0.15) is 33.1 Å². The molecule has 100 valence electrons. The predicted molar refractivity (Wildman–Crippen MR) is 62.3 cm³/mol. The maximum absolute atomic E-state index is 14.2. The zero-order valence-electron chi connectivity index (χ0n) is 10.2. The molecule has 0 heterocycles. The monoisotopic (exact) mass is 268 g/mol. The minimum atomic E-state index is -4.38. The molecule has 0 fully saturated rings. The summed E-state index contributed by atoms with van der Waals surface area (Å²) in [6.45, 7) is 2.95. The molecule has 0 saturated carbocycles. The normalized spacial score (nSPS) is 21.8. The first kappa shape index (κ1) is 14.8. The maximum atomic E-state index is 14.2. The van der Waals surface area contributed by atoms with Crippen LogP contribution in [0, 0.1) is 5.92 Å². The molecule has 0 aromatic carbocycles. The number of alkyl halides is 2. The minimum Gasteiger partial charge on any atom is -0.305 e. The average Bonchev–Trinajstić information content (AvgIpc) is 2.30. The third-order valence-corrected chi connectivity index (χ3v) is 4.92. The van der Waals surface area contributed by atoms with Gasteiger partial charge in [-0.3, -0.25) is 4.57 Å². The van der Waals surface area contributed by atoms with Gasteiger partial charge in [-0.1, -0.05) is 12.2 Å². The van der Waals surface area contributed by atoms with Gasteiger partial charge in [0.05, 0.1) is 19.1 Å². The second-order valence-electron chi connectivity index (χ2n) is 3.89. The van der Waals surface area contributed by atoms with Crippen LogP contribution in [0.4, 0.5) is 8.78 Å². The van der Waals surface area contributed by atoms with Gasteiger partial charge in [-0.2, -0.15) is 8.78 Å². The third-order valence-electron chi connectivity index (χ3n) is 2.66. The van der Waals surface area contributed by atoms with E-state index in [1.165, 1.54) is 19.9 Å². The van der Waals surface area contributed by atoms with E-state index in [9.17, 15) is 13.3 Å². The standard InChI is InChI=1S/C11H19F2O3P/c1-3-15-17(14,16-4-2)11(12,13)10-8-6-5-7-9-10/h6,8,10H,3-5,7,9H2,1-2H3. The predicted octanol–water partition coefficient (Wildman–Crippen LogP) is 4.20. The zero-order valence-corrected chi connectivity index (χ0v) is 11.1. The van der Waals surface area contributed by atoms with E-state index in [1.807, 2.05) is 0 Å². The Bertz CT molecular complexity index is 308. The summed E-state index contributed by atoms with van der Waals surface area (Å²) in [5.41, 5.74) is -3.45. The molecular formula is C11H19F2O3P. The second kappa shape index (κ2) is 6.07. The molecule has 1 unspecified atom stereocenters. The van der Waals surface area contributed by atoms with Crippen LogP contribution in [0.3, 0.4) is 0 Å². The van der Waals surface area contributed by atoms with Crippen LogP contribution in [0.2, 0.25) is 0 Å². The van der Waals surface area contributed by atoms with E-state index < -0.39 is 19.2 Å². The van der Waals surface area contributed by atoms with Crippen LogP contribution in [0.25, 0.3) is 0 Å². The summed E-state index contributed by atoms with van der Waals surface area (Å²) in [7, 11) is -4.38. The van der Waals surface area contributed by atoms with Gasteiger partial charge in [0.2, 0.25) is 0 Å². The molecule has 1 aliphatic carbocycles. The molecule has 1 atom stereocenters. The number of halogens is 2. The van der Waals surface area contributed by atoms with Gasteiger partial charge in [0.15, 0.2) is 0 Å². The Morgan fingerprint density at radius 3 is 2.35 bits per heavy atom. The van der Waals surface area contributed by atoms with Crippen molar-refractivity contribution in [3.63, 3.8) is 0 Å². The smallest absolute Gasteiger partial charge is 0.305 e. The van der Waals surface area contributed by atoms with E-state index in [1.54, 1.807) is 6.08 Å². The molecule has 6 heteroatoms. The lowest BCUT2D eigenvalue weighted by Gasteiger charge is -2.31. The van der Waals surface area contributed by atoms with E-state index in [4.69, 9.17) is 9.05 Å². The lowest BCUT2D eigenvalue weighted by molar-refractivity contribution is -0.000524. The van der Waals surface area contributed by atoms with Crippen LogP contribution in [-0.4, -0.2) is 18.9 Å². The fourth-order valence-corrected chi connectivity index (χ4v) is 3.57. The highest BCUT2D eigenvalue weighted by Gasteiger charge is 2.57. The van der Waals surface area contributed by atoms with Crippen molar-refractivity contribution < 1.29 is 22.4 Å². The van der Waals surface area contributed by atoms with Crippen molar-refractivity contribution in [2.45, 2.75) is 38.8 Å². The topological polar surface area (TPSA) is 35.5 Å². The van der Waals surface area contributed by atoms with Crippen molar-refractivity contribution in [1.82, 2.24) is 0 Å². The third kappa shape index (κ3) is 3.15. The molecular weight excluding hydrogens is 249 g/mol. The molecule has 0 aliphatic heterocycles. The Kier molecular flexibility index (Phi) is 5.29. The highest BCUT2D eigenvalue weighted by molar-refractivity contribution is 7.55. The molecule has 1 rings (SSSR count). The number of hydrogen-bond acceptors (Lipinski definition) is 3. The number of allylic oxidation sites excluding steroid dienone is 2. The van der Waals surface area contributed by atoms with Gasteiger partial charge in [-0.15, -0.1) is 0 Å². The van der Waals surface area contributed by atoms with E-state index in [0.29, 0.717) is 12.8 Å². The van der Waals surface area contributed by atoms with Crippen molar-refractivity contribution in [1.29, 1.82) is 0 Å². The maximum Gasteiger partial charge on any atom is 0.400 e. The number of hydrogen-bond donors (Lipinski definition) is 0. The molecule has 0 radical (unpaired) electrons. The fraction of sp³-hybridized carbons (Fsp3) is 0.818. The zero-order chi connectivity index (χ0) is 12.9. The van der Waals surface area contributed by atoms with Gasteiger partial charge in [0.1, 0.15) is 0 Å². The Labute approximate surface area is 101 Å². The summed E-state index contributed by atoms with van der Waals surface area (Å²) in [5.74, 6) is -1.06. The summed E-state index contributed by atoms with van der Waals surface area (Å²) in [6, 6.07) is 0. The van der Waals surface area contributed by atoms with Crippen LogP contribution in [-0.2, 0) is 13.6 Å². The van der Waals surface area contributed by atoms with E-state index in [-0.39, 0.29) is 13.2 Å². The molecule has 0 bridgehead atoms. The van der Waals surface area contributed by atoms with Crippen molar-refractivity contribution in [3.8, 4) is 0 Å². The summed E-state index contributed by atoms with van der Waals surface area (Å²) in [4.78, 5) is 0. The fourth-order valence-electron chi connectivity index (χ4n) is 1.85. The van der Waals surface area contributed by atoms with E-state index >= 15 is 0 Å². The Morgan fingerprint density at radius 1 is 1.35 bits per heavy atom. The summed E-state index contributed by atoms with van der Waals surface area (Å²) < 4.78 is 49.9. The summed E-state index contributed by atoms with van der Waals surface area (Å²) in [6.07, 6.45) is 4.90. The van der Waals surface area contributed by atoms with Gasteiger partial charge < -0.3 is 9.05 Å². The minimum absolute atomic E-state index is 0.0523. The molecule has 0 saturated heterocycles. The van der Waals surface area contributed by atoms with Gasteiger partial charge in [0, 0.05) is 0 Å². The average molecular weight is 268 g/mol. The van der Waals surface area contributed by atoms with Gasteiger partial charge >= 0.3 is 13.3 Å². The molecule has 1 aliphatic rings. The molecule has 3 nitrogen and oxygen atoms in total. The molecule has 0 amide bonds. The van der Waals surface area contributed by atoms with Crippen LogP contribution in [0.5, 0.6) is 0 Å². The first-order valence-corrected chi connectivity index (χ1v) is 7.46.